The van der Waals surface area contributed by atoms with Crippen LogP contribution in [0.5, 0.6) is 0 Å². The van der Waals surface area contributed by atoms with Gasteiger partial charge in [-0.15, -0.1) is 0 Å². The van der Waals surface area contributed by atoms with Crippen molar-refractivity contribution in [2.24, 2.45) is 5.73 Å². The molecule has 0 aliphatic rings. The average Bonchev–Trinajstić information content (AvgIpc) is 2.34. The molecule has 98 valence electrons. The third-order valence-electron chi connectivity index (χ3n) is 3.27. The van der Waals surface area contributed by atoms with Crippen LogP contribution in [-0.2, 0) is 4.79 Å². The van der Waals surface area contributed by atoms with Crippen LogP contribution in [0, 0.1) is 0 Å². The Bertz CT molecular complexity index is 536. The molecule has 19 heavy (non-hydrogen) atoms. The highest BCUT2D eigenvalue weighted by molar-refractivity contribution is 6.61. The molecule has 0 fully saturated rings. The molecule has 0 aromatic heterocycles. The SMILES string of the molecule is Bc1c(B)c(C(=O)CC(N)C(=O)O)c(N)c(B)c1Cl. The third-order valence-corrected chi connectivity index (χ3v) is 3.84. The smallest absolute Gasteiger partial charge is 0.320 e. The number of benzene rings is 1. The van der Waals surface area contributed by atoms with Crippen molar-refractivity contribution in [3.8, 4) is 0 Å². The van der Waals surface area contributed by atoms with E-state index in [1.54, 1.807) is 23.5 Å². The fraction of sp³-hybridized carbons (Fsp3) is 0.200. The first kappa shape index (κ1) is 15.7. The largest absolute Gasteiger partial charge is 0.480 e. The molecule has 1 aromatic carbocycles. The van der Waals surface area contributed by atoms with E-state index in [-0.39, 0.29) is 17.9 Å². The predicted octanol–water partition coefficient (Wildman–Crippen LogP) is -4.32. The number of halogens is 1. The van der Waals surface area contributed by atoms with Crippen molar-refractivity contribution in [2.45, 2.75) is 12.5 Å². The number of nitrogens with two attached hydrogens (primary N) is 2. The topological polar surface area (TPSA) is 106 Å². The zero-order chi connectivity index (χ0) is 14.9. The lowest BCUT2D eigenvalue weighted by atomic mass is 9.72. The Kier molecular flexibility index (Phi) is 4.71. The Hall–Kier alpha value is -1.40. The summed E-state index contributed by atoms with van der Waals surface area (Å²) in [5.41, 5.74) is 13.9. The maximum atomic E-state index is 12.2. The quantitative estimate of drug-likeness (QED) is 0.293. The lowest BCUT2D eigenvalue weighted by Gasteiger charge is -2.17. The van der Waals surface area contributed by atoms with Crippen molar-refractivity contribution in [3.63, 3.8) is 0 Å². The summed E-state index contributed by atoms with van der Waals surface area (Å²) in [5, 5.41) is 9.26. The Morgan fingerprint density at radius 1 is 1.21 bits per heavy atom. The van der Waals surface area contributed by atoms with Crippen molar-refractivity contribution in [3.05, 3.63) is 10.6 Å². The second-order valence-electron chi connectivity index (χ2n) is 4.55. The summed E-state index contributed by atoms with van der Waals surface area (Å²) in [6, 6.07) is -1.23. The lowest BCUT2D eigenvalue weighted by molar-refractivity contribution is -0.138. The lowest BCUT2D eigenvalue weighted by Crippen LogP contribution is -2.40. The Labute approximate surface area is 118 Å². The van der Waals surface area contributed by atoms with E-state index in [0.29, 0.717) is 21.5 Å². The normalized spacial score (nSPS) is 12.1. The van der Waals surface area contributed by atoms with Crippen LogP contribution in [0.1, 0.15) is 16.8 Å². The first-order chi connectivity index (χ1) is 8.68. The number of nitrogen functional groups attached to an aromatic ring is 1. The number of aliphatic carboxylic acids is 1. The summed E-state index contributed by atoms with van der Waals surface area (Å²) < 4.78 is 0. The Morgan fingerprint density at radius 3 is 2.21 bits per heavy atom. The van der Waals surface area contributed by atoms with E-state index in [0.717, 1.165) is 5.46 Å². The van der Waals surface area contributed by atoms with Gasteiger partial charge in [-0.2, -0.15) is 0 Å². The van der Waals surface area contributed by atoms with Gasteiger partial charge in [0.05, 0.1) is 0 Å². The molecule has 0 amide bonds. The van der Waals surface area contributed by atoms with Gasteiger partial charge in [-0.25, -0.2) is 0 Å². The van der Waals surface area contributed by atoms with Gasteiger partial charge < -0.3 is 16.6 Å². The number of anilines is 1. The van der Waals surface area contributed by atoms with Gasteiger partial charge in [0.1, 0.15) is 29.6 Å². The summed E-state index contributed by atoms with van der Waals surface area (Å²) in [5.74, 6) is -1.60. The number of carboxylic acids is 1. The van der Waals surface area contributed by atoms with Crippen LogP contribution in [0.25, 0.3) is 0 Å². The first-order valence-corrected chi connectivity index (χ1v) is 6.12. The molecule has 9 heteroatoms. The molecule has 1 atom stereocenters. The minimum atomic E-state index is -1.23. The first-order valence-electron chi connectivity index (χ1n) is 5.74. The highest BCUT2D eigenvalue weighted by Crippen LogP contribution is 2.13. The number of rotatable bonds is 4. The third kappa shape index (κ3) is 2.96. The number of carbonyl (C=O) groups excluding carboxylic acids is 1. The molecule has 0 saturated heterocycles. The Balaban J connectivity index is 3.28. The van der Waals surface area contributed by atoms with E-state index in [4.69, 9.17) is 28.2 Å². The summed E-state index contributed by atoms with van der Waals surface area (Å²) >= 11 is 6.11. The van der Waals surface area contributed by atoms with Crippen molar-refractivity contribution in [2.75, 3.05) is 5.73 Å². The molecular weight excluding hydrogens is 264 g/mol. The molecule has 1 aromatic rings. The van der Waals surface area contributed by atoms with Crippen LogP contribution in [0.2, 0.25) is 5.02 Å². The fourth-order valence-electron chi connectivity index (χ4n) is 1.89. The average molecular weight is 278 g/mol. The molecule has 5 nitrogen and oxygen atoms in total. The van der Waals surface area contributed by atoms with E-state index in [1.807, 2.05) is 0 Å². The standard InChI is InChI=1S/C10H14B3ClN2O3/c11-5-4(3(17)1-2(15)10(18)19)9(16)7(13)8(14)6(5)12/h2H,1,11-13,15-16H2,(H,18,19). The van der Waals surface area contributed by atoms with Crippen molar-refractivity contribution in [1.29, 1.82) is 0 Å². The molecule has 0 bridgehead atoms. The predicted molar refractivity (Wildman–Crippen MR) is 85.0 cm³/mol. The number of hydrogen-bond donors (Lipinski definition) is 3. The van der Waals surface area contributed by atoms with Crippen LogP contribution in [0.3, 0.4) is 0 Å². The van der Waals surface area contributed by atoms with E-state index in [1.165, 1.54) is 0 Å². The maximum absolute atomic E-state index is 12.2. The number of carboxylic acid groups (broad SMARTS) is 1. The molecule has 1 rings (SSSR count). The van der Waals surface area contributed by atoms with Crippen LogP contribution < -0.4 is 27.9 Å². The summed E-state index contributed by atoms with van der Waals surface area (Å²) in [7, 11) is 5.24. The van der Waals surface area contributed by atoms with E-state index in [2.05, 4.69) is 0 Å². The molecule has 0 saturated carbocycles. The van der Waals surface area contributed by atoms with Gasteiger partial charge in [0.25, 0.3) is 0 Å². The summed E-state index contributed by atoms with van der Waals surface area (Å²) in [6.07, 6.45) is -0.291. The van der Waals surface area contributed by atoms with Gasteiger partial charge >= 0.3 is 5.97 Å². The van der Waals surface area contributed by atoms with Crippen molar-refractivity contribution >= 4 is 69.0 Å². The molecule has 0 spiro atoms. The van der Waals surface area contributed by atoms with Gasteiger partial charge in [0.15, 0.2) is 5.78 Å². The molecule has 0 heterocycles. The number of hydrogen-bond acceptors (Lipinski definition) is 4. The second-order valence-corrected chi connectivity index (χ2v) is 4.93. The number of carbonyl (C=O) groups is 2. The van der Waals surface area contributed by atoms with Crippen LogP contribution in [-0.4, -0.2) is 46.4 Å². The van der Waals surface area contributed by atoms with Gasteiger partial charge in [0.2, 0.25) is 0 Å². The van der Waals surface area contributed by atoms with Crippen molar-refractivity contribution < 1.29 is 14.7 Å². The van der Waals surface area contributed by atoms with Crippen LogP contribution >= 0.6 is 11.6 Å². The highest BCUT2D eigenvalue weighted by Gasteiger charge is 2.23. The van der Waals surface area contributed by atoms with E-state index < -0.39 is 12.0 Å². The molecule has 0 aliphatic carbocycles. The Morgan fingerprint density at radius 2 is 1.74 bits per heavy atom. The minimum Gasteiger partial charge on any atom is -0.480 e. The maximum Gasteiger partial charge on any atom is 0.320 e. The van der Waals surface area contributed by atoms with Gasteiger partial charge in [0, 0.05) is 22.7 Å². The van der Waals surface area contributed by atoms with E-state index in [9.17, 15) is 9.59 Å². The van der Waals surface area contributed by atoms with Gasteiger partial charge in [-0.05, 0) is 5.46 Å². The van der Waals surface area contributed by atoms with Crippen LogP contribution in [0.15, 0.2) is 0 Å². The second kappa shape index (κ2) is 5.71. The van der Waals surface area contributed by atoms with E-state index >= 15 is 0 Å². The molecular formula is C10H14B3ClN2O3. The number of ketones is 1. The number of Topliss-reactive ketones (excluding diaryl/α,β-unsaturated/α-hetero) is 1. The summed E-state index contributed by atoms with van der Waals surface area (Å²) in [4.78, 5) is 22.8. The minimum absolute atomic E-state index is 0.288. The van der Waals surface area contributed by atoms with Crippen LogP contribution in [0.4, 0.5) is 5.69 Å². The zero-order valence-electron chi connectivity index (χ0n) is 11.1. The van der Waals surface area contributed by atoms with Gasteiger partial charge in [-0.1, -0.05) is 22.5 Å². The molecule has 0 aliphatic heterocycles. The summed E-state index contributed by atoms with van der Waals surface area (Å²) in [6.45, 7) is 0. The zero-order valence-corrected chi connectivity index (χ0v) is 11.8. The highest BCUT2D eigenvalue weighted by atomic mass is 35.5. The molecule has 1 unspecified atom stereocenters. The molecule has 5 N–H and O–H groups in total. The monoisotopic (exact) mass is 278 g/mol. The van der Waals surface area contributed by atoms with Crippen molar-refractivity contribution in [1.82, 2.24) is 0 Å². The fourth-order valence-corrected chi connectivity index (χ4v) is 2.13. The van der Waals surface area contributed by atoms with Gasteiger partial charge in [-0.3, -0.25) is 9.59 Å². The molecule has 0 radical (unpaired) electrons.